The van der Waals surface area contributed by atoms with Crippen molar-refractivity contribution in [1.29, 1.82) is 5.26 Å². The van der Waals surface area contributed by atoms with Gasteiger partial charge in [0, 0.05) is 14.7 Å². The molecular formula is C10H5ClINO2. The van der Waals surface area contributed by atoms with E-state index < -0.39 is 0 Å². The Morgan fingerprint density at radius 2 is 2.27 bits per heavy atom. The van der Waals surface area contributed by atoms with Crippen molar-refractivity contribution in [3.05, 3.63) is 32.4 Å². The van der Waals surface area contributed by atoms with Crippen LogP contribution in [-0.4, -0.2) is 17.9 Å². The van der Waals surface area contributed by atoms with Crippen LogP contribution in [0.1, 0.15) is 26.3 Å². The smallest absolute Gasteiger partial charge is 0.177 e. The number of alkyl halides is 1. The van der Waals surface area contributed by atoms with Crippen LogP contribution < -0.4 is 0 Å². The van der Waals surface area contributed by atoms with Gasteiger partial charge in [-0.3, -0.25) is 9.59 Å². The number of carbonyl (C=O) groups is 2. The molecule has 0 atom stereocenters. The van der Waals surface area contributed by atoms with E-state index in [1.165, 1.54) is 12.1 Å². The summed E-state index contributed by atoms with van der Waals surface area (Å²) in [5.41, 5.74) is 0.945. The lowest BCUT2D eigenvalue weighted by atomic mass is 10.0. The fourth-order valence-electron chi connectivity index (χ4n) is 1.05. The van der Waals surface area contributed by atoms with E-state index in [4.69, 9.17) is 16.9 Å². The lowest BCUT2D eigenvalue weighted by Crippen LogP contribution is -2.04. The first-order valence-corrected chi connectivity index (χ1v) is 5.53. The number of ketones is 1. The van der Waals surface area contributed by atoms with Gasteiger partial charge in [-0.15, -0.1) is 11.6 Å². The summed E-state index contributed by atoms with van der Waals surface area (Å²) in [6.45, 7) is 0. The number of Topliss-reactive ketones (excluding diaryl/α,β-unsaturated/α-hetero) is 1. The Morgan fingerprint density at radius 1 is 1.60 bits per heavy atom. The first-order chi connectivity index (χ1) is 7.13. The molecule has 0 spiro atoms. The van der Waals surface area contributed by atoms with Crippen molar-refractivity contribution in [2.24, 2.45) is 0 Å². The van der Waals surface area contributed by atoms with Gasteiger partial charge < -0.3 is 0 Å². The molecule has 5 heteroatoms. The molecule has 15 heavy (non-hydrogen) atoms. The summed E-state index contributed by atoms with van der Waals surface area (Å²) in [7, 11) is 0. The summed E-state index contributed by atoms with van der Waals surface area (Å²) in [6.07, 6.45) is 0.619. The second-order valence-electron chi connectivity index (χ2n) is 2.71. The first kappa shape index (κ1) is 12.1. The zero-order valence-electron chi connectivity index (χ0n) is 7.46. The normalized spacial score (nSPS) is 9.40. The van der Waals surface area contributed by atoms with Crippen LogP contribution in [0.25, 0.3) is 0 Å². The predicted octanol–water partition coefficient (Wildman–Crippen LogP) is 2.40. The number of aldehydes is 1. The van der Waals surface area contributed by atoms with E-state index in [-0.39, 0.29) is 11.7 Å². The monoisotopic (exact) mass is 333 g/mol. The highest BCUT2D eigenvalue weighted by molar-refractivity contribution is 14.1. The molecule has 0 fully saturated rings. The van der Waals surface area contributed by atoms with Crippen molar-refractivity contribution in [2.45, 2.75) is 0 Å². The third-order valence-corrected chi connectivity index (χ3v) is 3.24. The second kappa shape index (κ2) is 5.24. The SMILES string of the molecule is N#Cc1cc(C(=O)CCl)cc(C=O)c1I. The van der Waals surface area contributed by atoms with Crippen LogP contribution in [0, 0.1) is 14.9 Å². The van der Waals surface area contributed by atoms with E-state index in [0.29, 0.717) is 26.5 Å². The Hall–Kier alpha value is -0.930. The van der Waals surface area contributed by atoms with Gasteiger partial charge in [0.2, 0.25) is 0 Å². The molecule has 0 saturated heterocycles. The van der Waals surface area contributed by atoms with Crippen LogP contribution >= 0.6 is 34.2 Å². The average Bonchev–Trinajstić information content (AvgIpc) is 2.28. The van der Waals surface area contributed by atoms with E-state index in [9.17, 15) is 9.59 Å². The van der Waals surface area contributed by atoms with E-state index in [2.05, 4.69) is 0 Å². The van der Waals surface area contributed by atoms with E-state index in [1.54, 1.807) is 0 Å². The molecule has 0 aromatic heterocycles. The Kier molecular flexibility index (Phi) is 4.24. The Morgan fingerprint density at radius 3 is 2.73 bits per heavy atom. The molecule has 0 aliphatic rings. The maximum atomic E-state index is 11.3. The van der Waals surface area contributed by atoms with Gasteiger partial charge in [0.25, 0.3) is 0 Å². The zero-order valence-corrected chi connectivity index (χ0v) is 10.4. The van der Waals surface area contributed by atoms with Gasteiger partial charge in [-0.1, -0.05) is 0 Å². The number of hydrogen-bond acceptors (Lipinski definition) is 3. The Labute approximate surface area is 105 Å². The molecule has 0 unspecified atom stereocenters. The number of rotatable bonds is 3. The molecule has 1 aromatic rings. The number of halogens is 2. The largest absolute Gasteiger partial charge is 0.298 e. The highest BCUT2D eigenvalue weighted by Gasteiger charge is 2.11. The Bertz CT molecular complexity index is 465. The molecule has 1 rings (SSSR count). The van der Waals surface area contributed by atoms with Crippen molar-refractivity contribution in [3.8, 4) is 6.07 Å². The van der Waals surface area contributed by atoms with Gasteiger partial charge in [0.1, 0.15) is 6.07 Å². The molecule has 0 radical (unpaired) electrons. The predicted molar refractivity (Wildman–Crippen MR) is 64.3 cm³/mol. The van der Waals surface area contributed by atoms with Crippen LogP contribution in [0.5, 0.6) is 0 Å². The van der Waals surface area contributed by atoms with Gasteiger partial charge in [0.05, 0.1) is 11.4 Å². The van der Waals surface area contributed by atoms with Crippen molar-refractivity contribution in [2.75, 3.05) is 5.88 Å². The maximum Gasteiger partial charge on any atom is 0.177 e. The lowest BCUT2D eigenvalue weighted by molar-refractivity contribution is 0.102. The van der Waals surface area contributed by atoms with Crippen molar-refractivity contribution in [1.82, 2.24) is 0 Å². The van der Waals surface area contributed by atoms with Gasteiger partial charge in [-0.25, -0.2) is 0 Å². The number of hydrogen-bond donors (Lipinski definition) is 0. The Balaban J connectivity index is 3.41. The molecule has 0 saturated carbocycles. The van der Waals surface area contributed by atoms with Crippen molar-refractivity contribution in [3.63, 3.8) is 0 Å². The zero-order chi connectivity index (χ0) is 11.4. The average molecular weight is 334 g/mol. The van der Waals surface area contributed by atoms with Gasteiger partial charge >= 0.3 is 0 Å². The summed E-state index contributed by atoms with van der Waals surface area (Å²) < 4.78 is 0.552. The van der Waals surface area contributed by atoms with Crippen molar-refractivity contribution < 1.29 is 9.59 Å². The highest BCUT2D eigenvalue weighted by Crippen LogP contribution is 2.18. The van der Waals surface area contributed by atoms with Crippen LogP contribution in [0.15, 0.2) is 12.1 Å². The molecule has 0 aliphatic carbocycles. The summed E-state index contributed by atoms with van der Waals surface area (Å²) in [4.78, 5) is 22.0. The fraction of sp³-hybridized carbons (Fsp3) is 0.100. The van der Waals surface area contributed by atoms with Crippen LogP contribution in [0.2, 0.25) is 0 Å². The number of benzene rings is 1. The van der Waals surface area contributed by atoms with Crippen LogP contribution in [-0.2, 0) is 0 Å². The molecular weight excluding hydrogens is 328 g/mol. The van der Waals surface area contributed by atoms with Gasteiger partial charge in [-0.05, 0) is 34.7 Å². The molecule has 3 nitrogen and oxygen atoms in total. The maximum absolute atomic E-state index is 11.3. The lowest BCUT2D eigenvalue weighted by Gasteiger charge is -2.03. The summed E-state index contributed by atoms with van der Waals surface area (Å²) in [5, 5.41) is 8.80. The number of nitriles is 1. The molecule has 0 heterocycles. The number of carbonyl (C=O) groups excluding carboxylic acids is 2. The molecule has 0 aliphatic heterocycles. The minimum Gasteiger partial charge on any atom is -0.298 e. The number of nitrogens with zero attached hydrogens (tertiary/aromatic N) is 1. The second-order valence-corrected chi connectivity index (χ2v) is 4.06. The van der Waals surface area contributed by atoms with Crippen molar-refractivity contribution >= 4 is 46.3 Å². The van der Waals surface area contributed by atoms with E-state index in [1.807, 2.05) is 28.7 Å². The standard InChI is InChI=1S/C10H5ClINO2/c11-3-9(15)6-1-7(4-13)10(12)8(2-6)5-14/h1-2,5H,3H2. The minimum atomic E-state index is -0.298. The summed E-state index contributed by atoms with van der Waals surface area (Å²) in [6, 6.07) is 4.82. The highest BCUT2D eigenvalue weighted by atomic mass is 127. The van der Waals surface area contributed by atoms with Gasteiger partial charge in [0.15, 0.2) is 12.1 Å². The quantitative estimate of drug-likeness (QED) is 0.369. The molecule has 0 N–H and O–H groups in total. The summed E-state index contributed by atoms with van der Waals surface area (Å²) in [5.74, 6) is -0.461. The van der Waals surface area contributed by atoms with Gasteiger partial charge in [-0.2, -0.15) is 5.26 Å². The van der Waals surface area contributed by atoms with E-state index in [0.717, 1.165) is 0 Å². The third kappa shape index (κ3) is 2.55. The molecule has 0 amide bonds. The van der Waals surface area contributed by atoms with Crippen LogP contribution in [0.4, 0.5) is 0 Å². The topological polar surface area (TPSA) is 57.9 Å². The minimum absolute atomic E-state index is 0.163. The first-order valence-electron chi connectivity index (χ1n) is 3.92. The van der Waals surface area contributed by atoms with Crippen LogP contribution in [0.3, 0.4) is 0 Å². The molecule has 76 valence electrons. The van der Waals surface area contributed by atoms with E-state index >= 15 is 0 Å². The summed E-state index contributed by atoms with van der Waals surface area (Å²) >= 11 is 7.29. The molecule has 1 aromatic carbocycles. The third-order valence-electron chi connectivity index (χ3n) is 1.79. The fourth-order valence-corrected chi connectivity index (χ4v) is 1.77. The molecule has 0 bridgehead atoms.